The molecule has 104 valence electrons. The van der Waals surface area contributed by atoms with E-state index < -0.39 is 0 Å². The summed E-state index contributed by atoms with van der Waals surface area (Å²) in [5.74, 6) is -0.316. The highest BCUT2D eigenvalue weighted by atomic mass is 16.2. The molecule has 0 aliphatic carbocycles. The van der Waals surface area contributed by atoms with Gasteiger partial charge in [0, 0.05) is 25.0 Å². The standard InChI is InChI=1S/C14H16N4O2/c1-10(2)18-13(19)6-5-12(17-18)14(20)16-9-11-4-3-7-15-8-11/h3-8,10H,9H2,1-2H3,(H,16,20). The van der Waals surface area contributed by atoms with Gasteiger partial charge in [0.15, 0.2) is 0 Å². The van der Waals surface area contributed by atoms with Crippen LogP contribution in [0.4, 0.5) is 0 Å². The lowest BCUT2D eigenvalue weighted by Crippen LogP contribution is -2.30. The summed E-state index contributed by atoms with van der Waals surface area (Å²) in [5.41, 5.74) is 0.907. The summed E-state index contributed by atoms with van der Waals surface area (Å²) in [6.45, 7) is 4.05. The van der Waals surface area contributed by atoms with Crippen molar-refractivity contribution in [2.75, 3.05) is 0 Å². The Kier molecular flexibility index (Phi) is 4.24. The number of carbonyl (C=O) groups is 1. The number of hydrogen-bond donors (Lipinski definition) is 1. The van der Waals surface area contributed by atoms with Crippen LogP contribution in [0.15, 0.2) is 41.5 Å². The van der Waals surface area contributed by atoms with Crippen LogP contribution in [-0.2, 0) is 6.54 Å². The average Bonchev–Trinajstić information content (AvgIpc) is 2.46. The fraction of sp³-hybridized carbons (Fsp3) is 0.286. The van der Waals surface area contributed by atoms with Crippen molar-refractivity contribution < 1.29 is 4.79 Å². The first-order valence-electron chi connectivity index (χ1n) is 6.35. The molecule has 20 heavy (non-hydrogen) atoms. The predicted octanol–water partition coefficient (Wildman–Crippen LogP) is 1.15. The normalized spacial score (nSPS) is 10.6. The summed E-state index contributed by atoms with van der Waals surface area (Å²) >= 11 is 0. The molecule has 1 N–H and O–H groups in total. The first-order chi connectivity index (χ1) is 9.58. The Morgan fingerprint density at radius 2 is 2.15 bits per heavy atom. The van der Waals surface area contributed by atoms with Gasteiger partial charge in [-0.2, -0.15) is 5.10 Å². The van der Waals surface area contributed by atoms with Crippen LogP contribution in [0.5, 0.6) is 0 Å². The Hall–Kier alpha value is -2.50. The number of rotatable bonds is 4. The lowest BCUT2D eigenvalue weighted by Gasteiger charge is -2.10. The van der Waals surface area contributed by atoms with Gasteiger partial charge >= 0.3 is 0 Å². The zero-order valence-electron chi connectivity index (χ0n) is 11.4. The van der Waals surface area contributed by atoms with Crippen LogP contribution in [0, 0.1) is 0 Å². The summed E-state index contributed by atoms with van der Waals surface area (Å²) in [7, 11) is 0. The third-order valence-corrected chi connectivity index (χ3v) is 2.72. The van der Waals surface area contributed by atoms with Crippen molar-refractivity contribution in [2.45, 2.75) is 26.4 Å². The van der Waals surface area contributed by atoms with E-state index in [1.54, 1.807) is 18.5 Å². The molecule has 0 unspecified atom stereocenters. The monoisotopic (exact) mass is 272 g/mol. The van der Waals surface area contributed by atoms with Gasteiger partial charge in [-0.15, -0.1) is 0 Å². The molecule has 2 aromatic rings. The number of nitrogens with one attached hydrogen (secondary N) is 1. The van der Waals surface area contributed by atoms with Gasteiger partial charge in [-0.25, -0.2) is 4.68 Å². The summed E-state index contributed by atoms with van der Waals surface area (Å²) in [5, 5.41) is 6.80. The van der Waals surface area contributed by atoms with Crippen molar-refractivity contribution in [1.29, 1.82) is 0 Å². The van der Waals surface area contributed by atoms with Crippen LogP contribution in [0.25, 0.3) is 0 Å². The molecular formula is C14H16N4O2. The summed E-state index contributed by atoms with van der Waals surface area (Å²) < 4.78 is 1.29. The first kappa shape index (κ1) is 13.9. The lowest BCUT2D eigenvalue weighted by molar-refractivity contribution is 0.0943. The van der Waals surface area contributed by atoms with Gasteiger partial charge in [0.2, 0.25) is 0 Å². The molecule has 0 radical (unpaired) electrons. The predicted molar refractivity (Wildman–Crippen MR) is 74.3 cm³/mol. The minimum absolute atomic E-state index is 0.0893. The SMILES string of the molecule is CC(C)n1nc(C(=O)NCc2cccnc2)ccc1=O. The molecule has 0 aliphatic rings. The molecule has 2 rings (SSSR count). The molecule has 2 aromatic heterocycles. The van der Waals surface area contributed by atoms with E-state index in [0.29, 0.717) is 6.54 Å². The fourth-order valence-corrected chi connectivity index (χ4v) is 1.69. The van der Waals surface area contributed by atoms with Crippen molar-refractivity contribution in [3.63, 3.8) is 0 Å². The number of amides is 1. The number of hydrogen-bond acceptors (Lipinski definition) is 4. The van der Waals surface area contributed by atoms with Gasteiger partial charge < -0.3 is 5.32 Å². The second-order valence-corrected chi connectivity index (χ2v) is 4.64. The largest absolute Gasteiger partial charge is 0.347 e. The molecule has 1 amide bonds. The minimum atomic E-state index is -0.316. The molecule has 0 atom stereocenters. The smallest absolute Gasteiger partial charge is 0.271 e. The highest BCUT2D eigenvalue weighted by molar-refractivity contribution is 5.91. The molecule has 0 aromatic carbocycles. The van der Waals surface area contributed by atoms with Crippen molar-refractivity contribution >= 4 is 5.91 Å². The molecule has 0 fully saturated rings. The topological polar surface area (TPSA) is 76.9 Å². The van der Waals surface area contributed by atoms with E-state index in [-0.39, 0.29) is 23.2 Å². The first-order valence-corrected chi connectivity index (χ1v) is 6.35. The molecule has 0 aliphatic heterocycles. The summed E-state index contributed by atoms with van der Waals surface area (Å²) in [6, 6.07) is 6.37. The second-order valence-electron chi connectivity index (χ2n) is 4.64. The van der Waals surface area contributed by atoms with Crippen LogP contribution in [0.3, 0.4) is 0 Å². The van der Waals surface area contributed by atoms with Gasteiger partial charge in [0.25, 0.3) is 11.5 Å². The third kappa shape index (κ3) is 3.28. The number of pyridine rings is 1. The van der Waals surface area contributed by atoms with E-state index in [4.69, 9.17) is 0 Å². The Bertz CT molecular complexity index is 650. The fourth-order valence-electron chi connectivity index (χ4n) is 1.69. The average molecular weight is 272 g/mol. The summed E-state index contributed by atoms with van der Waals surface area (Å²) in [6.07, 6.45) is 3.36. The van der Waals surface area contributed by atoms with E-state index in [9.17, 15) is 9.59 Å². The summed E-state index contributed by atoms with van der Waals surface area (Å²) in [4.78, 5) is 27.5. The second kappa shape index (κ2) is 6.10. The highest BCUT2D eigenvalue weighted by Crippen LogP contribution is 2.00. The Labute approximate surface area is 116 Å². The van der Waals surface area contributed by atoms with Crippen molar-refractivity contribution in [3.05, 3.63) is 58.3 Å². The minimum Gasteiger partial charge on any atom is -0.347 e. The number of nitrogens with zero attached hydrogens (tertiary/aromatic N) is 3. The quantitative estimate of drug-likeness (QED) is 0.905. The van der Waals surface area contributed by atoms with Gasteiger partial charge in [0.05, 0.1) is 6.04 Å². The molecule has 0 spiro atoms. The molecule has 0 saturated heterocycles. The number of carbonyl (C=O) groups excluding carboxylic acids is 1. The van der Waals surface area contributed by atoms with E-state index >= 15 is 0 Å². The van der Waals surface area contributed by atoms with Crippen molar-refractivity contribution in [1.82, 2.24) is 20.1 Å². The van der Waals surface area contributed by atoms with Crippen LogP contribution < -0.4 is 10.9 Å². The van der Waals surface area contributed by atoms with Gasteiger partial charge in [-0.3, -0.25) is 14.6 Å². The Morgan fingerprint density at radius 1 is 1.35 bits per heavy atom. The maximum atomic E-state index is 12.0. The molecule has 6 nitrogen and oxygen atoms in total. The van der Waals surface area contributed by atoms with E-state index in [1.165, 1.54) is 16.8 Å². The van der Waals surface area contributed by atoms with E-state index in [0.717, 1.165) is 5.56 Å². The van der Waals surface area contributed by atoms with Crippen molar-refractivity contribution in [2.24, 2.45) is 0 Å². The molecule has 2 heterocycles. The van der Waals surface area contributed by atoms with E-state index in [2.05, 4.69) is 15.4 Å². The van der Waals surface area contributed by atoms with Crippen LogP contribution in [-0.4, -0.2) is 20.7 Å². The third-order valence-electron chi connectivity index (χ3n) is 2.72. The van der Waals surface area contributed by atoms with E-state index in [1.807, 2.05) is 19.9 Å². The zero-order chi connectivity index (χ0) is 14.5. The maximum absolute atomic E-state index is 12.0. The van der Waals surface area contributed by atoms with Crippen LogP contribution in [0.1, 0.15) is 35.9 Å². The molecule has 0 bridgehead atoms. The maximum Gasteiger partial charge on any atom is 0.271 e. The molecule has 0 saturated carbocycles. The van der Waals surface area contributed by atoms with Gasteiger partial charge in [-0.05, 0) is 31.5 Å². The molecule has 6 heteroatoms. The Morgan fingerprint density at radius 3 is 2.80 bits per heavy atom. The Balaban J connectivity index is 2.10. The van der Waals surface area contributed by atoms with Gasteiger partial charge in [0.1, 0.15) is 5.69 Å². The molecular weight excluding hydrogens is 256 g/mol. The van der Waals surface area contributed by atoms with Gasteiger partial charge in [-0.1, -0.05) is 6.07 Å². The van der Waals surface area contributed by atoms with Crippen molar-refractivity contribution in [3.8, 4) is 0 Å². The number of aromatic nitrogens is 3. The van der Waals surface area contributed by atoms with Crippen LogP contribution >= 0.6 is 0 Å². The zero-order valence-corrected chi connectivity index (χ0v) is 11.4. The highest BCUT2D eigenvalue weighted by Gasteiger charge is 2.10. The van der Waals surface area contributed by atoms with Crippen LogP contribution in [0.2, 0.25) is 0 Å². The lowest BCUT2D eigenvalue weighted by atomic mass is 10.3.